The Balaban J connectivity index is 1.73. The highest BCUT2D eigenvalue weighted by atomic mass is 32.2. The van der Waals surface area contributed by atoms with Crippen LogP contribution in [0.15, 0.2) is 23.4 Å². The van der Waals surface area contributed by atoms with Gasteiger partial charge in [-0.05, 0) is 44.4 Å². The maximum atomic E-state index is 12.3. The Morgan fingerprint density at radius 2 is 1.88 bits per heavy atom. The molecule has 1 aromatic carbocycles. The van der Waals surface area contributed by atoms with Crippen molar-refractivity contribution >= 4 is 50.7 Å². The highest BCUT2D eigenvalue weighted by Crippen LogP contribution is 2.33. The minimum atomic E-state index is -0.0804. The summed E-state index contributed by atoms with van der Waals surface area (Å²) in [5.41, 5.74) is 10.2. The first-order chi connectivity index (χ1) is 11.9. The van der Waals surface area contributed by atoms with Crippen molar-refractivity contribution in [3.63, 3.8) is 0 Å². The van der Waals surface area contributed by atoms with Gasteiger partial charge in [-0.25, -0.2) is 9.97 Å². The number of rotatable bonds is 4. The van der Waals surface area contributed by atoms with E-state index in [1.165, 1.54) is 16.6 Å². The number of thioether (sulfide) groups is 1. The van der Waals surface area contributed by atoms with Gasteiger partial charge in [0.2, 0.25) is 5.91 Å². The minimum Gasteiger partial charge on any atom is -0.383 e. The number of amides is 1. The van der Waals surface area contributed by atoms with E-state index < -0.39 is 0 Å². The summed E-state index contributed by atoms with van der Waals surface area (Å²) in [5, 5.41) is 4.42. The van der Waals surface area contributed by atoms with Crippen molar-refractivity contribution in [2.45, 2.75) is 32.9 Å². The van der Waals surface area contributed by atoms with Gasteiger partial charge >= 0.3 is 0 Å². The van der Waals surface area contributed by atoms with Crippen LogP contribution in [0.1, 0.15) is 21.6 Å². The number of aryl methyl sites for hydroxylation is 4. The molecule has 0 atom stereocenters. The van der Waals surface area contributed by atoms with Crippen LogP contribution in [0.5, 0.6) is 0 Å². The molecule has 3 aromatic rings. The van der Waals surface area contributed by atoms with E-state index in [4.69, 9.17) is 5.73 Å². The molecule has 25 heavy (non-hydrogen) atoms. The number of benzene rings is 1. The first-order valence-electron chi connectivity index (χ1n) is 7.89. The van der Waals surface area contributed by atoms with Crippen molar-refractivity contribution in [1.29, 1.82) is 0 Å². The van der Waals surface area contributed by atoms with Gasteiger partial charge < -0.3 is 11.1 Å². The molecule has 130 valence electrons. The van der Waals surface area contributed by atoms with Crippen LogP contribution in [0.4, 0.5) is 11.5 Å². The molecule has 0 radical (unpaired) electrons. The van der Waals surface area contributed by atoms with Gasteiger partial charge in [0.1, 0.15) is 10.6 Å². The molecule has 0 spiro atoms. The molecule has 0 fully saturated rings. The maximum absolute atomic E-state index is 12.3. The van der Waals surface area contributed by atoms with Gasteiger partial charge in [-0.2, -0.15) is 0 Å². The van der Waals surface area contributed by atoms with Gasteiger partial charge in [-0.3, -0.25) is 4.79 Å². The topological polar surface area (TPSA) is 80.9 Å². The summed E-state index contributed by atoms with van der Waals surface area (Å²) in [6.45, 7) is 8.04. The zero-order valence-corrected chi connectivity index (χ0v) is 16.3. The predicted octanol–water partition coefficient (Wildman–Crippen LogP) is 4.24. The van der Waals surface area contributed by atoms with Crippen molar-refractivity contribution < 1.29 is 4.79 Å². The fourth-order valence-corrected chi connectivity index (χ4v) is 4.39. The number of fused-ring (bicyclic) bond motifs is 1. The second-order valence-corrected chi connectivity index (χ2v) is 8.10. The van der Waals surface area contributed by atoms with Gasteiger partial charge in [0.05, 0.1) is 11.1 Å². The third-order valence-corrected chi connectivity index (χ3v) is 6.06. The summed E-state index contributed by atoms with van der Waals surface area (Å²) >= 11 is 2.90. The van der Waals surface area contributed by atoms with Crippen LogP contribution in [0.3, 0.4) is 0 Å². The number of anilines is 2. The summed E-state index contributed by atoms with van der Waals surface area (Å²) in [5.74, 6) is 0.634. The standard InChI is InChI=1S/C18H20N4OS2/c1-9-6-5-7-10(2)15(9)20-13(23)8-24-18-21-16(19)14-11(3)12(4)25-17(14)22-18/h5-7H,8H2,1-4H3,(H,20,23)(H2,19,21,22). The Kier molecular flexibility index (Phi) is 4.96. The smallest absolute Gasteiger partial charge is 0.234 e. The normalized spacial score (nSPS) is 11.0. The third-order valence-electron chi connectivity index (χ3n) is 4.11. The predicted molar refractivity (Wildman–Crippen MR) is 107 cm³/mol. The van der Waals surface area contributed by atoms with Crippen molar-refractivity contribution in [2.24, 2.45) is 0 Å². The van der Waals surface area contributed by atoms with Gasteiger partial charge in [-0.15, -0.1) is 11.3 Å². The van der Waals surface area contributed by atoms with Crippen molar-refractivity contribution in [3.05, 3.63) is 39.8 Å². The average molecular weight is 373 g/mol. The molecule has 0 saturated carbocycles. The molecule has 1 amide bonds. The molecule has 3 N–H and O–H groups in total. The van der Waals surface area contributed by atoms with Crippen molar-refractivity contribution in [1.82, 2.24) is 9.97 Å². The van der Waals surface area contributed by atoms with Crippen LogP contribution in [-0.2, 0) is 4.79 Å². The molecule has 2 aromatic heterocycles. The van der Waals surface area contributed by atoms with Crippen LogP contribution < -0.4 is 11.1 Å². The first-order valence-corrected chi connectivity index (χ1v) is 9.69. The van der Waals surface area contributed by atoms with E-state index in [1.54, 1.807) is 11.3 Å². The lowest BCUT2D eigenvalue weighted by Gasteiger charge is -2.11. The van der Waals surface area contributed by atoms with Crippen LogP contribution in [0.2, 0.25) is 0 Å². The van der Waals surface area contributed by atoms with E-state index in [9.17, 15) is 4.79 Å². The summed E-state index contributed by atoms with van der Waals surface area (Å²) in [7, 11) is 0. The fraction of sp³-hybridized carbons (Fsp3) is 0.278. The number of carbonyl (C=O) groups is 1. The Morgan fingerprint density at radius 3 is 2.56 bits per heavy atom. The zero-order valence-electron chi connectivity index (χ0n) is 14.6. The number of carbonyl (C=O) groups excluding carboxylic acids is 1. The molecule has 0 bridgehead atoms. The summed E-state index contributed by atoms with van der Waals surface area (Å²) in [6, 6.07) is 5.94. The van der Waals surface area contributed by atoms with Gasteiger partial charge in [0.15, 0.2) is 5.16 Å². The number of nitrogens with zero attached hydrogens (tertiary/aromatic N) is 2. The molecule has 0 aliphatic heterocycles. The minimum absolute atomic E-state index is 0.0804. The highest BCUT2D eigenvalue weighted by molar-refractivity contribution is 7.99. The monoisotopic (exact) mass is 372 g/mol. The lowest BCUT2D eigenvalue weighted by atomic mass is 10.1. The quantitative estimate of drug-likeness (QED) is 0.529. The Labute approximate surface area is 155 Å². The Hall–Kier alpha value is -2.12. The molecule has 0 saturated heterocycles. The molecule has 3 rings (SSSR count). The van der Waals surface area contributed by atoms with Gasteiger partial charge in [0, 0.05) is 10.6 Å². The van der Waals surface area contributed by atoms with Crippen LogP contribution in [0.25, 0.3) is 10.2 Å². The number of hydrogen-bond donors (Lipinski definition) is 2. The lowest BCUT2D eigenvalue weighted by molar-refractivity contribution is -0.113. The number of thiophene rings is 1. The van der Waals surface area contributed by atoms with Crippen LogP contribution in [0, 0.1) is 27.7 Å². The lowest BCUT2D eigenvalue weighted by Crippen LogP contribution is -2.16. The van der Waals surface area contributed by atoms with Crippen LogP contribution in [-0.4, -0.2) is 21.6 Å². The largest absolute Gasteiger partial charge is 0.383 e. The molecular weight excluding hydrogens is 352 g/mol. The van der Waals surface area contributed by atoms with E-state index in [1.807, 2.05) is 45.9 Å². The van der Waals surface area contributed by atoms with Crippen molar-refractivity contribution in [3.8, 4) is 0 Å². The number of para-hydroxylation sites is 1. The van der Waals surface area contributed by atoms with E-state index in [-0.39, 0.29) is 11.7 Å². The second kappa shape index (κ2) is 7.01. The Morgan fingerprint density at radius 1 is 1.20 bits per heavy atom. The van der Waals surface area contributed by atoms with Crippen LogP contribution >= 0.6 is 23.1 Å². The van der Waals surface area contributed by atoms with E-state index in [0.29, 0.717) is 11.0 Å². The third kappa shape index (κ3) is 3.62. The Bertz CT molecular complexity index is 945. The fourth-order valence-electron chi connectivity index (χ4n) is 2.64. The molecule has 5 nitrogen and oxygen atoms in total. The molecule has 0 aliphatic carbocycles. The molecule has 7 heteroatoms. The van der Waals surface area contributed by atoms with E-state index in [2.05, 4.69) is 15.3 Å². The molecule has 0 unspecified atom stereocenters. The molecule has 0 aliphatic rings. The summed E-state index contributed by atoms with van der Waals surface area (Å²) < 4.78 is 0. The number of aromatic nitrogens is 2. The van der Waals surface area contributed by atoms with Crippen molar-refractivity contribution in [2.75, 3.05) is 16.8 Å². The molecular formula is C18H20N4OS2. The first kappa shape index (κ1) is 17.7. The number of nitrogens with two attached hydrogens (primary N) is 1. The highest BCUT2D eigenvalue weighted by Gasteiger charge is 2.14. The number of hydrogen-bond acceptors (Lipinski definition) is 6. The second-order valence-electron chi connectivity index (χ2n) is 5.96. The molecule has 2 heterocycles. The van der Waals surface area contributed by atoms with Gasteiger partial charge in [0.25, 0.3) is 0 Å². The van der Waals surface area contributed by atoms with Gasteiger partial charge in [-0.1, -0.05) is 30.0 Å². The summed E-state index contributed by atoms with van der Waals surface area (Å²) in [6.07, 6.45) is 0. The summed E-state index contributed by atoms with van der Waals surface area (Å²) in [4.78, 5) is 23.2. The van der Waals surface area contributed by atoms with E-state index >= 15 is 0 Å². The average Bonchev–Trinajstić information content (AvgIpc) is 2.84. The number of nitrogens with one attached hydrogen (secondary N) is 1. The SMILES string of the molecule is Cc1cccc(C)c1NC(=O)CSc1nc(N)c2c(C)c(C)sc2n1. The number of nitrogen functional groups attached to an aromatic ring is 1. The maximum Gasteiger partial charge on any atom is 0.234 e. The van der Waals surface area contributed by atoms with E-state index in [0.717, 1.165) is 32.6 Å². The zero-order chi connectivity index (χ0) is 18.1.